The van der Waals surface area contributed by atoms with E-state index in [2.05, 4.69) is 15.6 Å². The minimum atomic E-state index is -4.76. The Bertz CT molecular complexity index is 1310. The van der Waals surface area contributed by atoms with Crippen molar-refractivity contribution in [3.8, 4) is 0 Å². The Morgan fingerprint density at radius 2 is 1.82 bits per heavy atom. The molecule has 4 rings (SSSR count). The summed E-state index contributed by atoms with van der Waals surface area (Å²) in [5, 5.41) is 4.93. The quantitative estimate of drug-likeness (QED) is 0.610. The van der Waals surface area contributed by atoms with Gasteiger partial charge in [0.05, 0.1) is 22.2 Å². The van der Waals surface area contributed by atoms with Crippen LogP contribution in [0.25, 0.3) is 10.9 Å². The SMILES string of the molecule is CC(=O)Nc1ccc(NC(=O)c2ccc3c(=O)n4c(nc3c2)CCCCC4)c(C(F)(F)F)c1. The number of halogens is 3. The number of aromatic nitrogens is 2. The molecule has 172 valence electrons. The molecule has 0 aliphatic carbocycles. The largest absolute Gasteiger partial charge is 0.418 e. The molecule has 0 bridgehead atoms. The Balaban J connectivity index is 1.68. The van der Waals surface area contributed by atoms with Crippen LogP contribution in [-0.2, 0) is 23.9 Å². The van der Waals surface area contributed by atoms with Gasteiger partial charge in [0.1, 0.15) is 5.82 Å². The Kier molecular flexibility index (Phi) is 5.92. The molecular formula is C23H21F3N4O3. The maximum atomic E-state index is 13.6. The third-order valence-corrected chi connectivity index (χ3v) is 5.47. The first-order valence-electron chi connectivity index (χ1n) is 10.5. The fraction of sp³-hybridized carbons (Fsp3) is 0.304. The number of alkyl halides is 3. The number of anilines is 2. The van der Waals surface area contributed by atoms with Crippen LogP contribution in [-0.4, -0.2) is 21.4 Å². The monoisotopic (exact) mass is 458 g/mol. The van der Waals surface area contributed by atoms with Gasteiger partial charge in [-0.2, -0.15) is 13.2 Å². The van der Waals surface area contributed by atoms with Crippen LogP contribution in [0.5, 0.6) is 0 Å². The molecule has 2 aromatic carbocycles. The summed E-state index contributed by atoms with van der Waals surface area (Å²) in [7, 11) is 0. The highest BCUT2D eigenvalue weighted by Gasteiger charge is 2.34. The van der Waals surface area contributed by atoms with Crippen LogP contribution in [0, 0.1) is 0 Å². The summed E-state index contributed by atoms with van der Waals surface area (Å²) < 4.78 is 42.3. The standard InChI is InChI=1S/C23H21F3N4O3/c1-13(31)27-15-7-9-18(17(12-15)23(24,25)26)29-21(32)14-6-8-16-19(11-14)28-20-5-3-2-4-10-30(20)22(16)33/h6-9,11-12H,2-5,10H2,1H3,(H,27,31)(H,29,32). The van der Waals surface area contributed by atoms with Crippen molar-refractivity contribution in [2.75, 3.05) is 10.6 Å². The molecule has 0 unspecified atom stereocenters. The number of aryl methyl sites for hydroxylation is 1. The highest BCUT2D eigenvalue weighted by atomic mass is 19.4. The normalized spacial score (nSPS) is 13.8. The van der Waals surface area contributed by atoms with Gasteiger partial charge in [-0.25, -0.2) is 4.98 Å². The second kappa shape index (κ2) is 8.68. The van der Waals surface area contributed by atoms with Gasteiger partial charge < -0.3 is 10.6 Å². The van der Waals surface area contributed by atoms with Crippen molar-refractivity contribution < 1.29 is 22.8 Å². The molecule has 1 aliphatic rings. The van der Waals surface area contributed by atoms with Gasteiger partial charge in [0.25, 0.3) is 11.5 Å². The Morgan fingerprint density at radius 3 is 2.55 bits per heavy atom. The van der Waals surface area contributed by atoms with E-state index in [1.807, 2.05) is 0 Å². The molecule has 2 N–H and O–H groups in total. The number of benzene rings is 2. The highest BCUT2D eigenvalue weighted by molar-refractivity contribution is 6.06. The van der Waals surface area contributed by atoms with E-state index in [-0.39, 0.29) is 16.8 Å². The third kappa shape index (κ3) is 4.74. The molecule has 3 aromatic rings. The maximum Gasteiger partial charge on any atom is 0.418 e. The minimum Gasteiger partial charge on any atom is -0.326 e. The van der Waals surface area contributed by atoms with E-state index in [1.54, 1.807) is 4.57 Å². The smallest absolute Gasteiger partial charge is 0.326 e. The summed E-state index contributed by atoms with van der Waals surface area (Å²) >= 11 is 0. The van der Waals surface area contributed by atoms with Gasteiger partial charge in [-0.05, 0) is 49.2 Å². The number of carbonyl (C=O) groups excluding carboxylic acids is 2. The minimum absolute atomic E-state index is 0.0381. The van der Waals surface area contributed by atoms with Crippen molar-refractivity contribution in [1.29, 1.82) is 0 Å². The van der Waals surface area contributed by atoms with E-state index in [1.165, 1.54) is 31.2 Å². The van der Waals surface area contributed by atoms with E-state index < -0.39 is 29.2 Å². The van der Waals surface area contributed by atoms with Gasteiger partial charge in [0, 0.05) is 31.1 Å². The Morgan fingerprint density at radius 1 is 1.03 bits per heavy atom. The number of carbonyl (C=O) groups is 2. The molecule has 2 amide bonds. The van der Waals surface area contributed by atoms with Crippen molar-refractivity contribution in [1.82, 2.24) is 9.55 Å². The first kappa shape index (κ1) is 22.5. The van der Waals surface area contributed by atoms with Crippen LogP contribution in [0.4, 0.5) is 24.5 Å². The Hall–Kier alpha value is -3.69. The highest BCUT2D eigenvalue weighted by Crippen LogP contribution is 2.37. The van der Waals surface area contributed by atoms with Crippen LogP contribution < -0.4 is 16.2 Å². The van der Waals surface area contributed by atoms with Crippen molar-refractivity contribution in [3.05, 3.63) is 63.7 Å². The number of amides is 2. The van der Waals surface area contributed by atoms with Gasteiger partial charge in [-0.1, -0.05) is 6.42 Å². The second-order valence-electron chi connectivity index (χ2n) is 7.92. The second-order valence-corrected chi connectivity index (χ2v) is 7.92. The van der Waals surface area contributed by atoms with E-state index >= 15 is 0 Å². The zero-order valence-corrected chi connectivity index (χ0v) is 17.8. The lowest BCUT2D eigenvalue weighted by Crippen LogP contribution is -2.25. The topological polar surface area (TPSA) is 93.1 Å². The van der Waals surface area contributed by atoms with Crippen molar-refractivity contribution in [3.63, 3.8) is 0 Å². The van der Waals surface area contributed by atoms with Crippen LogP contribution in [0.3, 0.4) is 0 Å². The molecule has 0 saturated carbocycles. The van der Waals surface area contributed by atoms with Crippen LogP contribution in [0.15, 0.2) is 41.2 Å². The molecule has 7 nitrogen and oxygen atoms in total. The molecule has 0 atom stereocenters. The fourth-order valence-corrected chi connectivity index (χ4v) is 3.92. The molecule has 1 aliphatic heterocycles. The zero-order valence-electron chi connectivity index (χ0n) is 17.8. The van der Waals surface area contributed by atoms with Crippen molar-refractivity contribution in [2.45, 2.75) is 45.3 Å². The van der Waals surface area contributed by atoms with Gasteiger partial charge in [0.2, 0.25) is 5.91 Å². The average molecular weight is 458 g/mol. The zero-order chi connectivity index (χ0) is 23.8. The molecule has 0 radical (unpaired) electrons. The van der Waals surface area contributed by atoms with E-state index in [0.717, 1.165) is 31.4 Å². The third-order valence-electron chi connectivity index (χ3n) is 5.47. The van der Waals surface area contributed by atoms with Crippen LogP contribution in [0.2, 0.25) is 0 Å². The summed E-state index contributed by atoms with van der Waals surface area (Å²) in [6.45, 7) is 1.77. The predicted molar refractivity (Wildman–Crippen MR) is 117 cm³/mol. The summed E-state index contributed by atoms with van der Waals surface area (Å²) in [6.07, 6.45) is -1.31. The van der Waals surface area contributed by atoms with Crippen molar-refractivity contribution in [2.24, 2.45) is 0 Å². The van der Waals surface area contributed by atoms with Crippen LogP contribution in [0.1, 0.15) is 47.9 Å². The first-order valence-corrected chi connectivity index (χ1v) is 10.5. The summed E-state index contributed by atoms with van der Waals surface area (Å²) in [4.78, 5) is 41.3. The Labute approximate surface area is 186 Å². The van der Waals surface area contributed by atoms with Gasteiger partial charge in [0.15, 0.2) is 0 Å². The summed E-state index contributed by atoms with van der Waals surface area (Å²) in [5.74, 6) is -0.639. The number of nitrogens with one attached hydrogen (secondary N) is 2. The lowest BCUT2D eigenvalue weighted by atomic mass is 10.1. The van der Waals surface area contributed by atoms with E-state index in [4.69, 9.17) is 0 Å². The van der Waals surface area contributed by atoms with Crippen molar-refractivity contribution >= 4 is 34.1 Å². The van der Waals surface area contributed by atoms with Gasteiger partial charge >= 0.3 is 6.18 Å². The summed E-state index contributed by atoms with van der Waals surface area (Å²) in [5.41, 5.74) is -1.35. The molecule has 0 fully saturated rings. The molecule has 2 heterocycles. The number of nitrogens with zero attached hydrogens (tertiary/aromatic N) is 2. The molecule has 33 heavy (non-hydrogen) atoms. The molecule has 10 heteroatoms. The van der Waals surface area contributed by atoms with E-state index in [0.29, 0.717) is 29.7 Å². The fourth-order valence-electron chi connectivity index (χ4n) is 3.92. The number of fused-ring (bicyclic) bond motifs is 2. The summed E-state index contributed by atoms with van der Waals surface area (Å²) in [6, 6.07) is 7.39. The van der Waals surface area contributed by atoms with E-state index in [9.17, 15) is 27.6 Å². The first-order chi connectivity index (χ1) is 15.6. The lowest BCUT2D eigenvalue weighted by Gasteiger charge is -2.16. The van der Waals surface area contributed by atoms with Gasteiger partial charge in [-0.15, -0.1) is 0 Å². The molecule has 0 spiro atoms. The average Bonchev–Trinajstić information content (AvgIpc) is 2.99. The predicted octanol–water partition coefficient (Wildman–Crippen LogP) is 4.35. The van der Waals surface area contributed by atoms with Crippen LogP contribution >= 0.6 is 0 Å². The number of hydrogen-bond acceptors (Lipinski definition) is 4. The van der Waals surface area contributed by atoms with Gasteiger partial charge in [-0.3, -0.25) is 19.0 Å². The number of rotatable bonds is 3. The maximum absolute atomic E-state index is 13.6. The molecule has 1 aromatic heterocycles. The lowest BCUT2D eigenvalue weighted by molar-refractivity contribution is -0.137. The molecule has 0 saturated heterocycles. The molecular weight excluding hydrogens is 437 g/mol. The number of hydrogen-bond donors (Lipinski definition) is 2.